The largest absolute Gasteiger partial charge is 0.478 e. The smallest absolute Gasteiger partial charge is 0.340 e. The van der Waals surface area contributed by atoms with Gasteiger partial charge in [-0.1, -0.05) is 0 Å². The van der Waals surface area contributed by atoms with E-state index in [-0.39, 0.29) is 12.4 Å². The zero-order valence-electron chi connectivity index (χ0n) is 6.41. The second kappa shape index (κ2) is 3.06. The van der Waals surface area contributed by atoms with Gasteiger partial charge in [-0.2, -0.15) is 0 Å². The molecular weight excluding hydrogens is 287 g/mol. The quantitative estimate of drug-likeness (QED) is 0.801. The normalized spacial score (nSPS) is 13.0. The molecule has 1 aliphatic rings. The van der Waals surface area contributed by atoms with Gasteiger partial charge in [-0.15, -0.1) is 0 Å². The average molecular weight is 292 g/mol. The second-order valence-electron chi connectivity index (χ2n) is 2.46. The van der Waals surface area contributed by atoms with E-state index in [1.165, 1.54) is 0 Å². The van der Waals surface area contributed by atoms with Gasteiger partial charge in [-0.25, -0.2) is 4.79 Å². The molecule has 0 aromatic heterocycles. The maximum absolute atomic E-state index is 10.8. The molecule has 0 bridgehead atoms. The van der Waals surface area contributed by atoms with Crippen LogP contribution in [0, 0.1) is 3.57 Å². The Morgan fingerprint density at radius 3 is 2.92 bits per heavy atom. The van der Waals surface area contributed by atoms with Crippen molar-refractivity contribution < 1.29 is 19.4 Å². The van der Waals surface area contributed by atoms with Crippen molar-refractivity contribution in [3.05, 3.63) is 21.3 Å². The van der Waals surface area contributed by atoms with Crippen LogP contribution in [0.4, 0.5) is 0 Å². The molecule has 0 saturated carbocycles. The number of ether oxygens (including phenoxy) is 2. The van der Waals surface area contributed by atoms with Gasteiger partial charge in [-0.05, 0) is 34.7 Å². The number of benzene rings is 1. The zero-order valence-corrected chi connectivity index (χ0v) is 8.57. The molecule has 1 aromatic rings. The third-order valence-electron chi connectivity index (χ3n) is 1.70. The molecular formula is C8H5IO4. The van der Waals surface area contributed by atoms with Gasteiger partial charge in [-0.3, -0.25) is 0 Å². The number of fused-ring (bicyclic) bond motifs is 1. The third kappa shape index (κ3) is 1.32. The number of carboxylic acid groups (broad SMARTS) is 1. The van der Waals surface area contributed by atoms with E-state index in [2.05, 4.69) is 0 Å². The number of rotatable bonds is 1. The summed E-state index contributed by atoms with van der Waals surface area (Å²) in [5.74, 6) is -0.163. The van der Waals surface area contributed by atoms with Gasteiger partial charge in [0.25, 0.3) is 0 Å². The molecule has 0 aliphatic carbocycles. The first kappa shape index (κ1) is 8.61. The highest BCUT2D eigenvalue weighted by Crippen LogP contribution is 2.37. The average Bonchev–Trinajstić information content (AvgIpc) is 2.50. The van der Waals surface area contributed by atoms with E-state index in [0.29, 0.717) is 15.1 Å². The first-order valence-electron chi connectivity index (χ1n) is 3.51. The van der Waals surface area contributed by atoms with Gasteiger partial charge in [0.1, 0.15) is 5.56 Å². The molecule has 0 unspecified atom stereocenters. The maximum atomic E-state index is 10.8. The first-order chi connectivity index (χ1) is 6.20. The number of carboxylic acids is 1. The fourth-order valence-electron chi connectivity index (χ4n) is 1.15. The molecule has 0 radical (unpaired) electrons. The summed E-state index contributed by atoms with van der Waals surface area (Å²) in [5.41, 5.74) is 0.176. The Balaban J connectivity index is 2.65. The van der Waals surface area contributed by atoms with Crippen molar-refractivity contribution >= 4 is 28.6 Å². The van der Waals surface area contributed by atoms with Crippen LogP contribution >= 0.6 is 22.6 Å². The van der Waals surface area contributed by atoms with Gasteiger partial charge in [0, 0.05) is 3.57 Å². The summed E-state index contributed by atoms with van der Waals surface area (Å²) in [6.45, 7) is 0.0930. The van der Waals surface area contributed by atoms with Crippen LogP contribution < -0.4 is 9.47 Å². The number of aromatic carboxylic acids is 1. The van der Waals surface area contributed by atoms with Crippen LogP contribution in [0.25, 0.3) is 0 Å². The van der Waals surface area contributed by atoms with E-state index in [1.807, 2.05) is 22.6 Å². The summed E-state index contributed by atoms with van der Waals surface area (Å²) in [6.07, 6.45) is 0. The molecule has 0 fully saturated rings. The molecule has 0 saturated heterocycles. The van der Waals surface area contributed by atoms with E-state index < -0.39 is 5.97 Å². The lowest BCUT2D eigenvalue weighted by atomic mass is 10.2. The van der Waals surface area contributed by atoms with Gasteiger partial charge < -0.3 is 14.6 Å². The predicted octanol–water partition coefficient (Wildman–Crippen LogP) is 1.72. The first-order valence-corrected chi connectivity index (χ1v) is 4.59. The predicted molar refractivity (Wildman–Crippen MR) is 52.2 cm³/mol. The van der Waals surface area contributed by atoms with Crippen molar-refractivity contribution in [3.63, 3.8) is 0 Å². The molecule has 4 nitrogen and oxygen atoms in total. The molecule has 5 heteroatoms. The molecule has 0 atom stereocenters. The minimum absolute atomic E-state index is 0.0930. The van der Waals surface area contributed by atoms with Crippen molar-refractivity contribution in [1.29, 1.82) is 0 Å². The Morgan fingerprint density at radius 2 is 2.23 bits per heavy atom. The monoisotopic (exact) mass is 292 g/mol. The van der Waals surface area contributed by atoms with Gasteiger partial charge in [0.15, 0.2) is 11.5 Å². The van der Waals surface area contributed by atoms with Gasteiger partial charge in [0.2, 0.25) is 6.79 Å². The Hall–Kier alpha value is -0.980. The van der Waals surface area contributed by atoms with Crippen LogP contribution in [-0.4, -0.2) is 17.9 Å². The SMILES string of the molecule is O=C(O)c1c(I)ccc2c1OCO2. The lowest BCUT2D eigenvalue weighted by Crippen LogP contribution is -2.02. The summed E-state index contributed by atoms with van der Waals surface area (Å²) >= 11 is 1.95. The molecule has 68 valence electrons. The van der Waals surface area contributed by atoms with Crippen LogP contribution in [0.3, 0.4) is 0 Å². The summed E-state index contributed by atoms with van der Waals surface area (Å²) in [5, 5.41) is 8.89. The third-order valence-corrected chi connectivity index (χ3v) is 2.60. The van der Waals surface area contributed by atoms with E-state index in [1.54, 1.807) is 12.1 Å². The lowest BCUT2D eigenvalue weighted by Gasteiger charge is -2.02. The fourth-order valence-corrected chi connectivity index (χ4v) is 1.80. The summed E-state index contributed by atoms with van der Waals surface area (Å²) in [6, 6.07) is 3.40. The van der Waals surface area contributed by atoms with Gasteiger partial charge in [0.05, 0.1) is 0 Å². The molecule has 0 amide bonds. The number of halogens is 1. The molecule has 1 aliphatic heterocycles. The molecule has 2 rings (SSSR count). The van der Waals surface area contributed by atoms with Crippen LogP contribution in [-0.2, 0) is 0 Å². The van der Waals surface area contributed by atoms with Crippen LogP contribution in [0.1, 0.15) is 10.4 Å². The van der Waals surface area contributed by atoms with Crippen molar-refractivity contribution in [2.45, 2.75) is 0 Å². The molecule has 0 spiro atoms. The molecule has 1 aromatic carbocycles. The molecule has 1 N–H and O–H groups in total. The van der Waals surface area contributed by atoms with Crippen LogP contribution in [0.2, 0.25) is 0 Å². The van der Waals surface area contributed by atoms with E-state index in [9.17, 15) is 4.79 Å². The number of carbonyl (C=O) groups is 1. The molecule has 1 heterocycles. The van der Waals surface area contributed by atoms with E-state index in [0.717, 1.165) is 0 Å². The standard InChI is InChI=1S/C8H5IO4/c9-4-1-2-5-7(13-3-12-5)6(4)8(10)11/h1-2H,3H2,(H,10,11). The minimum Gasteiger partial charge on any atom is -0.478 e. The number of hydrogen-bond acceptors (Lipinski definition) is 3. The highest BCUT2D eigenvalue weighted by atomic mass is 127. The Morgan fingerprint density at radius 1 is 1.46 bits per heavy atom. The number of hydrogen-bond donors (Lipinski definition) is 1. The Kier molecular flexibility index (Phi) is 2.03. The lowest BCUT2D eigenvalue weighted by molar-refractivity contribution is 0.0691. The van der Waals surface area contributed by atoms with Gasteiger partial charge >= 0.3 is 5.97 Å². The topological polar surface area (TPSA) is 55.8 Å². The summed E-state index contributed by atoms with van der Waals surface area (Å²) < 4.78 is 10.8. The van der Waals surface area contributed by atoms with Crippen molar-refractivity contribution in [2.75, 3.05) is 6.79 Å². The van der Waals surface area contributed by atoms with E-state index in [4.69, 9.17) is 14.6 Å². The maximum Gasteiger partial charge on any atom is 0.340 e. The fraction of sp³-hybridized carbons (Fsp3) is 0.125. The van der Waals surface area contributed by atoms with Crippen LogP contribution in [0.5, 0.6) is 11.5 Å². The Labute approximate surface area is 87.6 Å². The summed E-state index contributed by atoms with van der Waals surface area (Å²) in [7, 11) is 0. The highest BCUT2D eigenvalue weighted by molar-refractivity contribution is 14.1. The van der Waals surface area contributed by atoms with Crippen LogP contribution in [0.15, 0.2) is 12.1 Å². The van der Waals surface area contributed by atoms with E-state index >= 15 is 0 Å². The van der Waals surface area contributed by atoms with Crippen molar-refractivity contribution in [3.8, 4) is 11.5 Å². The zero-order chi connectivity index (χ0) is 9.42. The van der Waals surface area contributed by atoms with Crippen molar-refractivity contribution in [1.82, 2.24) is 0 Å². The second-order valence-corrected chi connectivity index (χ2v) is 3.62. The highest BCUT2D eigenvalue weighted by Gasteiger charge is 2.24. The van der Waals surface area contributed by atoms with Crippen molar-refractivity contribution in [2.24, 2.45) is 0 Å². The summed E-state index contributed by atoms with van der Waals surface area (Å²) in [4.78, 5) is 10.8. The molecule has 13 heavy (non-hydrogen) atoms. The minimum atomic E-state index is -0.994. The Bertz CT molecular complexity index is 375.